The molecule has 2 aromatic heterocycles. The SMILES string of the molecule is Cc1noc(C)c1S(=O)(=O)C1(c2cc(N3CCOC[C@@H]3C)nc(-c3ccc(NC(=O)NCC4(O)CC4)cc3)n2)CC1. The predicted octanol–water partition coefficient (Wildman–Crippen LogP) is 3.08. The summed E-state index contributed by atoms with van der Waals surface area (Å²) >= 11 is 0. The predicted molar refractivity (Wildman–Crippen MR) is 150 cm³/mol. The second-order valence-corrected chi connectivity index (χ2v) is 13.5. The number of nitrogens with one attached hydrogen (secondary N) is 2. The van der Waals surface area contributed by atoms with Gasteiger partial charge in [-0.3, -0.25) is 0 Å². The molecule has 2 amide bonds. The maximum atomic E-state index is 14.0. The number of carbonyl (C=O) groups excluding carboxylic acids is 1. The lowest BCUT2D eigenvalue weighted by atomic mass is 10.1. The molecule has 41 heavy (non-hydrogen) atoms. The van der Waals surface area contributed by atoms with Gasteiger partial charge in [-0.15, -0.1) is 0 Å². The van der Waals surface area contributed by atoms with Crippen LogP contribution in [-0.2, 0) is 19.3 Å². The van der Waals surface area contributed by atoms with Gasteiger partial charge in [-0.05, 0) is 70.7 Å². The largest absolute Gasteiger partial charge is 0.388 e. The van der Waals surface area contributed by atoms with Crippen molar-refractivity contribution in [3.05, 3.63) is 47.5 Å². The second-order valence-electron chi connectivity index (χ2n) is 11.3. The van der Waals surface area contributed by atoms with Crippen LogP contribution in [0.1, 0.15) is 49.8 Å². The van der Waals surface area contributed by atoms with E-state index in [1.54, 1.807) is 44.2 Å². The molecule has 1 saturated heterocycles. The minimum atomic E-state index is -3.85. The van der Waals surface area contributed by atoms with E-state index >= 15 is 0 Å². The number of urea groups is 1. The van der Waals surface area contributed by atoms with Crippen molar-refractivity contribution in [2.75, 3.05) is 36.5 Å². The first-order valence-corrected chi connectivity index (χ1v) is 15.3. The molecule has 6 rings (SSSR count). The first-order chi connectivity index (χ1) is 19.5. The zero-order chi connectivity index (χ0) is 29.0. The van der Waals surface area contributed by atoms with Gasteiger partial charge in [-0.2, -0.15) is 0 Å². The Morgan fingerprint density at radius 1 is 1.15 bits per heavy atom. The van der Waals surface area contributed by atoms with Crippen LogP contribution in [0.15, 0.2) is 39.8 Å². The first-order valence-electron chi connectivity index (χ1n) is 13.8. The average molecular weight is 583 g/mol. The van der Waals surface area contributed by atoms with Gasteiger partial charge in [0.05, 0.1) is 36.2 Å². The third-order valence-electron chi connectivity index (χ3n) is 8.10. The maximum absolute atomic E-state index is 14.0. The maximum Gasteiger partial charge on any atom is 0.319 e. The van der Waals surface area contributed by atoms with Crippen molar-refractivity contribution in [3.8, 4) is 11.4 Å². The number of aromatic nitrogens is 3. The Balaban J connectivity index is 1.34. The van der Waals surface area contributed by atoms with Crippen molar-refractivity contribution < 1.29 is 27.6 Å². The Bertz CT molecular complexity index is 1560. The summed E-state index contributed by atoms with van der Waals surface area (Å²) in [7, 11) is -3.85. The highest BCUT2D eigenvalue weighted by Gasteiger charge is 2.59. The molecule has 1 aromatic carbocycles. The lowest BCUT2D eigenvalue weighted by molar-refractivity contribution is 0.0985. The van der Waals surface area contributed by atoms with Crippen LogP contribution in [0.5, 0.6) is 0 Å². The minimum Gasteiger partial charge on any atom is -0.388 e. The molecular formula is C28H34N6O6S. The van der Waals surface area contributed by atoms with Gasteiger partial charge in [0.1, 0.15) is 15.5 Å². The van der Waals surface area contributed by atoms with Gasteiger partial charge in [0.25, 0.3) is 0 Å². The van der Waals surface area contributed by atoms with Crippen molar-refractivity contribution >= 4 is 27.4 Å². The van der Waals surface area contributed by atoms with Gasteiger partial charge in [0.2, 0.25) is 0 Å². The fourth-order valence-corrected chi connectivity index (χ4v) is 7.54. The van der Waals surface area contributed by atoms with Crippen LogP contribution < -0.4 is 15.5 Å². The number of benzene rings is 1. The minimum absolute atomic E-state index is 0.0486. The number of ether oxygens (including phenoxy) is 1. The van der Waals surface area contributed by atoms with E-state index in [0.29, 0.717) is 79.7 Å². The van der Waals surface area contributed by atoms with Crippen LogP contribution in [0.2, 0.25) is 0 Å². The molecule has 218 valence electrons. The van der Waals surface area contributed by atoms with Gasteiger partial charge in [0.15, 0.2) is 21.4 Å². The molecule has 2 saturated carbocycles. The van der Waals surface area contributed by atoms with E-state index < -0.39 is 26.2 Å². The van der Waals surface area contributed by atoms with E-state index in [1.807, 2.05) is 6.92 Å². The molecule has 0 radical (unpaired) electrons. The lowest BCUT2D eigenvalue weighted by Gasteiger charge is -2.34. The summed E-state index contributed by atoms with van der Waals surface area (Å²) in [5.41, 5.74) is 1.24. The summed E-state index contributed by atoms with van der Waals surface area (Å²) < 4.78 is 37.7. The molecule has 0 spiro atoms. The Labute approximate surface area is 238 Å². The molecule has 1 atom stereocenters. The number of rotatable bonds is 8. The standard InChI is InChI=1S/C28H34N6O6S/c1-17-15-39-13-12-34(17)23-14-22(28(10-11-28)41(37,38)24-18(2)33-40-19(24)3)31-25(32-23)20-4-6-21(7-5-20)30-26(35)29-16-27(36)8-9-27/h4-7,14,17,36H,8-13,15-16H2,1-3H3,(H2,29,30,35)/t17-/m0/s1. The van der Waals surface area contributed by atoms with E-state index in [-0.39, 0.29) is 23.2 Å². The quantitative estimate of drug-likeness (QED) is 0.360. The number of morpholine rings is 1. The number of amides is 2. The fraction of sp³-hybridized carbons (Fsp3) is 0.500. The van der Waals surface area contributed by atoms with E-state index in [0.717, 1.165) is 0 Å². The number of aryl methyl sites for hydroxylation is 2. The zero-order valence-electron chi connectivity index (χ0n) is 23.3. The van der Waals surface area contributed by atoms with Crippen molar-refractivity contribution in [1.29, 1.82) is 0 Å². The monoisotopic (exact) mass is 582 g/mol. The van der Waals surface area contributed by atoms with Crippen molar-refractivity contribution in [2.24, 2.45) is 0 Å². The van der Waals surface area contributed by atoms with Crippen LogP contribution in [0.4, 0.5) is 16.3 Å². The summed E-state index contributed by atoms with van der Waals surface area (Å²) in [6.07, 6.45) is 2.24. The summed E-state index contributed by atoms with van der Waals surface area (Å²) in [6.45, 7) is 7.20. The van der Waals surface area contributed by atoms with E-state index in [2.05, 4.69) is 20.7 Å². The summed E-state index contributed by atoms with van der Waals surface area (Å²) in [6, 6.07) is 8.49. The van der Waals surface area contributed by atoms with Crippen LogP contribution in [0.3, 0.4) is 0 Å². The summed E-state index contributed by atoms with van der Waals surface area (Å²) in [5, 5.41) is 19.3. The number of carbonyl (C=O) groups is 1. The molecule has 0 bridgehead atoms. The Morgan fingerprint density at radius 3 is 2.49 bits per heavy atom. The van der Waals surface area contributed by atoms with Gasteiger partial charge in [-0.1, -0.05) is 5.16 Å². The topological polar surface area (TPSA) is 160 Å². The van der Waals surface area contributed by atoms with Crippen LogP contribution in [0, 0.1) is 13.8 Å². The Hall–Kier alpha value is -3.55. The number of sulfone groups is 1. The third-order valence-corrected chi connectivity index (χ3v) is 10.9. The molecule has 2 aliphatic carbocycles. The average Bonchev–Trinajstić information content (AvgIpc) is 3.87. The molecule has 0 unspecified atom stereocenters. The molecule has 3 aromatic rings. The van der Waals surface area contributed by atoms with Gasteiger partial charge >= 0.3 is 6.03 Å². The van der Waals surface area contributed by atoms with Gasteiger partial charge in [-0.25, -0.2) is 23.2 Å². The molecule has 3 N–H and O–H groups in total. The van der Waals surface area contributed by atoms with Gasteiger partial charge in [0, 0.05) is 30.4 Å². The highest BCUT2D eigenvalue weighted by Crippen LogP contribution is 2.56. The molecular weight excluding hydrogens is 548 g/mol. The third kappa shape index (κ3) is 5.17. The highest BCUT2D eigenvalue weighted by molar-refractivity contribution is 7.92. The van der Waals surface area contributed by atoms with Crippen molar-refractivity contribution in [2.45, 2.75) is 67.7 Å². The fourth-order valence-electron chi connectivity index (χ4n) is 5.29. The molecule has 12 nitrogen and oxygen atoms in total. The van der Waals surface area contributed by atoms with Crippen molar-refractivity contribution in [1.82, 2.24) is 20.4 Å². The summed E-state index contributed by atoms with van der Waals surface area (Å²) in [5.74, 6) is 1.30. The molecule has 3 heterocycles. The molecule has 3 fully saturated rings. The van der Waals surface area contributed by atoms with Crippen LogP contribution in [-0.4, -0.2) is 72.6 Å². The van der Waals surface area contributed by atoms with Crippen LogP contribution in [0.25, 0.3) is 11.4 Å². The van der Waals surface area contributed by atoms with E-state index in [4.69, 9.17) is 19.2 Å². The number of anilines is 2. The van der Waals surface area contributed by atoms with Crippen LogP contribution >= 0.6 is 0 Å². The molecule has 13 heteroatoms. The lowest BCUT2D eigenvalue weighted by Crippen LogP contribution is -2.44. The second kappa shape index (κ2) is 10.1. The number of hydrogen-bond acceptors (Lipinski definition) is 10. The first kappa shape index (κ1) is 27.6. The molecule has 1 aliphatic heterocycles. The zero-order valence-corrected chi connectivity index (χ0v) is 24.1. The highest BCUT2D eigenvalue weighted by atomic mass is 32.2. The van der Waals surface area contributed by atoms with E-state index in [1.165, 1.54) is 0 Å². The summed E-state index contributed by atoms with van der Waals surface area (Å²) in [4.78, 5) is 24.2. The van der Waals surface area contributed by atoms with Crippen molar-refractivity contribution in [3.63, 3.8) is 0 Å². The van der Waals surface area contributed by atoms with E-state index in [9.17, 15) is 18.3 Å². The smallest absolute Gasteiger partial charge is 0.319 e. The Kier molecular flexibility index (Phi) is 6.78. The number of aliphatic hydroxyl groups is 1. The normalized spacial score (nSPS) is 20.9. The number of hydrogen-bond donors (Lipinski definition) is 3. The molecule has 3 aliphatic rings. The number of nitrogens with zero attached hydrogens (tertiary/aromatic N) is 4. The Morgan fingerprint density at radius 2 is 1.88 bits per heavy atom. The van der Waals surface area contributed by atoms with Gasteiger partial charge < -0.3 is 29.9 Å².